The van der Waals surface area contributed by atoms with E-state index in [1.807, 2.05) is 0 Å². The quantitative estimate of drug-likeness (QED) is 0.880. The van der Waals surface area contributed by atoms with Crippen molar-refractivity contribution in [3.8, 4) is 5.75 Å². The standard InChI is InChI=1S/C16H21NO/c17-16(15-13-5-2-6-14(13)15)10-3-1-4-12(9-10)18-11-7-8-11/h1,3-4,9,11,13-16H,2,5-8,17H2. The van der Waals surface area contributed by atoms with Crippen LogP contribution in [-0.4, -0.2) is 6.10 Å². The van der Waals surface area contributed by atoms with Gasteiger partial charge in [0.05, 0.1) is 6.10 Å². The maximum absolute atomic E-state index is 6.45. The van der Waals surface area contributed by atoms with Crippen LogP contribution in [0, 0.1) is 17.8 Å². The van der Waals surface area contributed by atoms with Gasteiger partial charge in [0.15, 0.2) is 0 Å². The van der Waals surface area contributed by atoms with E-state index >= 15 is 0 Å². The van der Waals surface area contributed by atoms with Crippen molar-refractivity contribution in [2.75, 3.05) is 0 Å². The molecule has 0 amide bonds. The van der Waals surface area contributed by atoms with Crippen molar-refractivity contribution in [1.82, 2.24) is 0 Å². The van der Waals surface area contributed by atoms with Crippen LogP contribution in [-0.2, 0) is 0 Å². The third kappa shape index (κ3) is 1.83. The molecule has 4 rings (SSSR count). The van der Waals surface area contributed by atoms with Gasteiger partial charge in [-0.3, -0.25) is 0 Å². The summed E-state index contributed by atoms with van der Waals surface area (Å²) in [6.45, 7) is 0. The van der Waals surface area contributed by atoms with Gasteiger partial charge < -0.3 is 10.5 Å². The molecule has 2 heteroatoms. The molecule has 0 aliphatic heterocycles. The molecule has 0 spiro atoms. The second-order valence-corrected chi connectivity index (χ2v) is 6.25. The van der Waals surface area contributed by atoms with Crippen molar-refractivity contribution in [3.05, 3.63) is 29.8 Å². The highest BCUT2D eigenvalue weighted by Crippen LogP contribution is 2.61. The van der Waals surface area contributed by atoms with Crippen LogP contribution >= 0.6 is 0 Å². The van der Waals surface area contributed by atoms with E-state index in [0.717, 1.165) is 23.5 Å². The van der Waals surface area contributed by atoms with Gasteiger partial charge in [0.2, 0.25) is 0 Å². The van der Waals surface area contributed by atoms with E-state index in [4.69, 9.17) is 10.5 Å². The molecule has 3 aliphatic carbocycles. The average molecular weight is 243 g/mol. The molecule has 3 atom stereocenters. The van der Waals surface area contributed by atoms with Gasteiger partial charge >= 0.3 is 0 Å². The minimum absolute atomic E-state index is 0.225. The number of rotatable bonds is 4. The molecule has 96 valence electrons. The Labute approximate surface area is 109 Å². The largest absolute Gasteiger partial charge is 0.490 e. The van der Waals surface area contributed by atoms with Crippen LogP contribution in [0.4, 0.5) is 0 Å². The van der Waals surface area contributed by atoms with Gasteiger partial charge in [-0.25, -0.2) is 0 Å². The SMILES string of the molecule is NC(c1cccc(OC2CC2)c1)C1C2CCCC21. The summed E-state index contributed by atoms with van der Waals surface area (Å²) in [5.74, 6) is 3.60. The number of hydrogen-bond acceptors (Lipinski definition) is 2. The third-order valence-electron chi connectivity index (χ3n) is 4.96. The lowest BCUT2D eigenvalue weighted by molar-refractivity contribution is 0.302. The zero-order valence-electron chi connectivity index (χ0n) is 10.7. The Bertz CT molecular complexity index is 444. The van der Waals surface area contributed by atoms with Crippen LogP contribution < -0.4 is 10.5 Å². The Morgan fingerprint density at radius 2 is 1.89 bits per heavy atom. The number of benzene rings is 1. The van der Waals surface area contributed by atoms with Crippen LogP contribution in [0.1, 0.15) is 43.7 Å². The van der Waals surface area contributed by atoms with Gasteiger partial charge in [-0.1, -0.05) is 18.6 Å². The molecule has 3 saturated carbocycles. The summed E-state index contributed by atoms with van der Waals surface area (Å²) in [6.07, 6.45) is 7.12. The lowest BCUT2D eigenvalue weighted by Crippen LogP contribution is -2.15. The first-order chi connectivity index (χ1) is 8.83. The predicted molar refractivity (Wildman–Crippen MR) is 71.3 cm³/mol. The first-order valence-corrected chi connectivity index (χ1v) is 7.35. The average Bonchev–Trinajstić information content (AvgIpc) is 3.29. The lowest BCUT2D eigenvalue weighted by atomic mass is 9.98. The van der Waals surface area contributed by atoms with E-state index in [2.05, 4.69) is 24.3 Å². The van der Waals surface area contributed by atoms with E-state index in [1.165, 1.54) is 37.7 Å². The van der Waals surface area contributed by atoms with Gasteiger partial charge in [0.1, 0.15) is 5.75 Å². The maximum Gasteiger partial charge on any atom is 0.120 e. The molecule has 0 heterocycles. The van der Waals surface area contributed by atoms with Crippen molar-refractivity contribution in [3.63, 3.8) is 0 Å². The zero-order chi connectivity index (χ0) is 12.1. The zero-order valence-corrected chi connectivity index (χ0v) is 10.7. The fourth-order valence-electron chi connectivity index (χ4n) is 3.81. The summed E-state index contributed by atoms with van der Waals surface area (Å²) >= 11 is 0. The Balaban J connectivity index is 1.49. The summed E-state index contributed by atoms with van der Waals surface area (Å²) in [6, 6.07) is 8.70. The Kier molecular flexibility index (Phi) is 2.41. The fourth-order valence-corrected chi connectivity index (χ4v) is 3.81. The summed E-state index contributed by atoms with van der Waals surface area (Å²) in [5, 5.41) is 0. The van der Waals surface area contributed by atoms with Gasteiger partial charge in [-0.2, -0.15) is 0 Å². The highest BCUT2D eigenvalue weighted by Gasteiger charge is 2.55. The van der Waals surface area contributed by atoms with Gasteiger partial charge in [-0.05, 0) is 61.1 Å². The Morgan fingerprint density at radius 1 is 1.11 bits per heavy atom. The van der Waals surface area contributed by atoms with E-state index in [0.29, 0.717) is 6.10 Å². The third-order valence-corrected chi connectivity index (χ3v) is 4.96. The van der Waals surface area contributed by atoms with Gasteiger partial charge in [0.25, 0.3) is 0 Å². The van der Waals surface area contributed by atoms with Crippen molar-refractivity contribution in [2.24, 2.45) is 23.5 Å². The summed E-state index contributed by atoms with van der Waals surface area (Å²) in [7, 11) is 0. The maximum atomic E-state index is 6.45. The van der Waals surface area contributed by atoms with Crippen LogP contribution in [0.25, 0.3) is 0 Å². The van der Waals surface area contributed by atoms with Crippen LogP contribution in [0.5, 0.6) is 5.75 Å². The smallest absolute Gasteiger partial charge is 0.120 e. The highest BCUT2D eigenvalue weighted by molar-refractivity contribution is 5.32. The molecular formula is C16H21NO. The molecule has 3 fully saturated rings. The number of ether oxygens (including phenoxy) is 1. The lowest BCUT2D eigenvalue weighted by Gasteiger charge is -2.15. The van der Waals surface area contributed by atoms with Crippen molar-refractivity contribution < 1.29 is 4.74 Å². The molecule has 18 heavy (non-hydrogen) atoms. The predicted octanol–water partition coefficient (Wildman–Crippen LogP) is 3.27. The monoisotopic (exact) mass is 243 g/mol. The second-order valence-electron chi connectivity index (χ2n) is 6.25. The molecule has 0 bridgehead atoms. The fraction of sp³-hybridized carbons (Fsp3) is 0.625. The van der Waals surface area contributed by atoms with E-state index < -0.39 is 0 Å². The molecule has 1 aromatic carbocycles. The van der Waals surface area contributed by atoms with Crippen molar-refractivity contribution in [2.45, 2.75) is 44.2 Å². The second kappa shape index (κ2) is 3.99. The van der Waals surface area contributed by atoms with Gasteiger partial charge in [-0.15, -0.1) is 0 Å². The molecule has 0 radical (unpaired) electrons. The van der Waals surface area contributed by atoms with E-state index in [9.17, 15) is 0 Å². The number of nitrogens with two attached hydrogens (primary N) is 1. The summed E-state index contributed by atoms with van der Waals surface area (Å²) in [5.41, 5.74) is 7.72. The van der Waals surface area contributed by atoms with E-state index in [1.54, 1.807) is 0 Å². The first kappa shape index (κ1) is 10.9. The number of fused-ring (bicyclic) bond motifs is 1. The van der Waals surface area contributed by atoms with Gasteiger partial charge in [0, 0.05) is 6.04 Å². The highest BCUT2D eigenvalue weighted by atomic mass is 16.5. The van der Waals surface area contributed by atoms with E-state index in [-0.39, 0.29) is 6.04 Å². The molecular weight excluding hydrogens is 222 g/mol. The Hall–Kier alpha value is -1.02. The molecule has 3 aliphatic rings. The molecule has 2 N–H and O–H groups in total. The summed E-state index contributed by atoms with van der Waals surface area (Å²) < 4.78 is 5.85. The molecule has 3 unspecified atom stereocenters. The molecule has 2 nitrogen and oxygen atoms in total. The Morgan fingerprint density at radius 3 is 2.61 bits per heavy atom. The molecule has 1 aromatic rings. The van der Waals surface area contributed by atoms with Crippen LogP contribution in [0.3, 0.4) is 0 Å². The first-order valence-electron chi connectivity index (χ1n) is 7.35. The normalized spacial score (nSPS) is 35.1. The molecule has 0 aromatic heterocycles. The molecule has 0 saturated heterocycles. The number of hydrogen-bond donors (Lipinski definition) is 1. The summed E-state index contributed by atoms with van der Waals surface area (Å²) in [4.78, 5) is 0. The van der Waals surface area contributed by atoms with Crippen LogP contribution in [0.2, 0.25) is 0 Å². The minimum atomic E-state index is 0.225. The van der Waals surface area contributed by atoms with Crippen molar-refractivity contribution >= 4 is 0 Å². The minimum Gasteiger partial charge on any atom is -0.490 e. The topological polar surface area (TPSA) is 35.2 Å². The van der Waals surface area contributed by atoms with Crippen LogP contribution in [0.15, 0.2) is 24.3 Å². The van der Waals surface area contributed by atoms with Crippen molar-refractivity contribution in [1.29, 1.82) is 0 Å².